The van der Waals surface area contributed by atoms with Crippen LogP contribution in [0.3, 0.4) is 0 Å². The van der Waals surface area contributed by atoms with Crippen LogP contribution in [0.2, 0.25) is 0 Å². The quantitative estimate of drug-likeness (QED) is 0.718. The number of sulfonamides is 1. The van der Waals surface area contributed by atoms with E-state index in [9.17, 15) is 13.2 Å². The molecule has 3 rings (SSSR count). The van der Waals surface area contributed by atoms with Crippen molar-refractivity contribution >= 4 is 38.1 Å². The summed E-state index contributed by atoms with van der Waals surface area (Å²) in [6.45, 7) is 0. The highest BCUT2D eigenvalue weighted by atomic mass is 32.2. The fourth-order valence-corrected chi connectivity index (χ4v) is 3.57. The number of hydrogen-bond donors (Lipinski definition) is 2. The Labute approximate surface area is 141 Å². The van der Waals surface area contributed by atoms with Gasteiger partial charge in [0.15, 0.2) is 5.13 Å². The first-order valence-electron chi connectivity index (χ1n) is 6.64. The van der Waals surface area contributed by atoms with E-state index in [2.05, 4.69) is 25.0 Å². The van der Waals surface area contributed by atoms with Gasteiger partial charge in [-0.15, -0.1) is 11.3 Å². The van der Waals surface area contributed by atoms with Gasteiger partial charge in [-0.05, 0) is 24.3 Å². The van der Waals surface area contributed by atoms with E-state index in [-0.39, 0.29) is 15.7 Å². The second kappa shape index (κ2) is 6.72. The molecule has 0 fully saturated rings. The molecule has 2 aromatic heterocycles. The summed E-state index contributed by atoms with van der Waals surface area (Å²) in [6.07, 6.45) is 5.72. The molecule has 0 aliphatic rings. The van der Waals surface area contributed by atoms with Crippen molar-refractivity contribution in [2.24, 2.45) is 0 Å². The molecule has 1 amide bonds. The van der Waals surface area contributed by atoms with Gasteiger partial charge in [-0.25, -0.2) is 18.4 Å². The predicted octanol–water partition coefficient (Wildman–Crippen LogP) is 1.99. The molecule has 0 saturated heterocycles. The Morgan fingerprint density at radius 3 is 2.46 bits per heavy atom. The summed E-state index contributed by atoms with van der Waals surface area (Å²) in [7, 11) is -3.72. The summed E-state index contributed by atoms with van der Waals surface area (Å²) in [5.41, 5.74) is 0.610. The monoisotopic (exact) mass is 361 g/mol. The highest BCUT2D eigenvalue weighted by Gasteiger charge is 2.15. The number of hydrogen-bond acceptors (Lipinski definition) is 7. The Bertz CT molecular complexity index is 926. The number of anilines is 2. The Balaban J connectivity index is 1.72. The number of thiazole rings is 1. The first-order chi connectivity index (χ1) is 11.5. The van der Waals surface area contributed by atoms with E-state index in [4.69, 9.17) is 0 Å². The van der Waals surface area contributed by atoms with Crippen LogP contribution >= 0.6 is 11.3 Å². The second-order valence-corrected chi connectivity index (χ2v) is 7.09. The molecule has 1 aromatic carbocycles. The summed E-state index contributed by atoms with van der Waals surface area (Å²) in [4.78, 5) is 23.6. The number of nitrogens with zero attached hydrogens (tertiary/aromatic N) is 3. The molecule has 0 radical (unpaired) electrons. The minimum Gasteiger partial charge on any atom is -0.321 e. The van der Waals surface area contributed by atoms with Crippen LogP contribution in [0.1, 0.15) is 10.5 Å². The van der Waals surface area contributed by atoms with Crippen LogP contribution in [0.4, 0.5) is 10.8 Å². The number of rotatable bonds is 5. The lowest BCUT2D eigenvalue weighted by Crippen LogP contribution is -2.15. The van der Waals surface area contributed by atoms with Crippen LogP contribution in [0.25, 0.3) is 0 Å². The van der Waals surface area contributed by atoms with Crippen molar-refractivity contribution in [2.45, 2.75) is 4.90 Å². The summed E-state index contributed by atoms with van der Waals surface area (Å²) >= 11 is 1.18. The molecular formula is C14H11N5O3S2. The SMILES string of the molecule is O=C(Nc1ccc(S(=O)(=O)Nc2nccs2)cc1)c1cnccn1. The van der Waals surface area contributed by atoms with Crippen molar-refractivity contribution in [2.75, 3.05) is 10.0 Å². The number of benzene rings is 1. The van der Waals surface area contributed by atoms with Crippen molar-refractivity contribution in [3.8, 4) is 0 Å². The summed E-state index contributed by atoms with van der Waals surface area (Å²) < 4.78 is 26.8. The van der Waals surface area contributed by atoms with Crippen molar-refractivity contribution in [3.05, 3.63) is 60.1 Å². The van der Waals surface area contributed by atoms with Gasteiger partial charge in [0.1, 0.15) is 5.69 Å². The van der Waals surface area contributed by atoms with Gasteiger partial charge in [-0.3, -0.25) is 14.5 Å². The van der Waals surface area contributed by atoms with Crippen molar-refractivity contribution < 1.29 is 13.2 Å². The Kier molecular flexibility index (Phi) is 4.49. The van der Waals surface area contributed by atoms with Gasteiger partial charge in [0.2, 0.25) is 0 Å². The highest BCUT2D eigenvalue weighted by molar-refractivity contribution is 7.93. The second-order valence-electron chi connectivity index (χ2n) is 4.51. The molecule has 3 aromatic rings. The van der Waals surface area contributed by atoms with E-state index in [1.165, 1.54) is 60.4 Å². The Morgan fingerprint density at radius 1 is 1.04 bits per heavy atom. The van der Waals surface area contributed by atoms with E-state index in [0.717, 1.165) is 0 Å². The van der Waals surface area contributed by atoms with Crippen LogP contribution in [-0.2, 0) is 10.0 Å². The normalized spacial score (nSPS) is 11.0. The maximum Gasteiger partial charge on any atom is 0.275 e. The third kappa shape index (κ3) is 3.73. The first-order valence-corrected chi connectivity index (χ1v) is 9.01. The van der Waals surface area contributed by atoms with E-state index < -0.39 is 15.9 Å². The summed E-state index contributed by atoms with van der Waals surface area (Å²) in [6, 6.07) is 5.76. The van der Waals surface area contributed by atoms with E-state index in [0.29, 0.717) is 5.69 Å². The van der Waals surface area contributed by atoms with Gasteiger partial charge < -0.3 is 5.32 Å². The molecule has 122 valence electrons. The zero-order valence-corrected chi connectivity index (χ0v) is 13.7. The molecule has 0 saturated carbocycles. The molecule has 0 spiro atoms. The maximum absolute atomic E-state index is 12.2. The number of nitrogens with one attached hydrogen (secondary N) is 2. The van der Waals surface area contributed by atoms with Gasteiger partial charge >= 0.3 is 0 Å². The lowest BCUT2D eigenvalue weighted by atomic mass is 10.3. The van der Waals surface area contributed by atoms with Crippen LogP contribution in [-0.4, -0.2) is 29.3 Å². The molecule has 2 N–H and O–H groups in total. The van der Waals surface area contributed by atoms with Crippen LogP contribution in [0.15, 0.2) is 59.3 Å². The highest BCUT2D eigenvalue weighted by Crippen LogP contribution is 2.19. The fourth-order valence-electron chi connectivity index (χ4n) is 1.78. The Morgan fingerprint density at radius 2 is 1.83 bits per heavy atom. The third-order valence-electron chi connectivity index (χ3n) is 2.87. The van der Waals surface area contributed by atoms with E-state index >= 15 is 0 Å². The van der Waals surface area contributed by atoms with Crippen LogP contribution in [0, 0.1) is 0 Å². The smallest absolute Gasteiger partial charge is 0.275 e. The Hall–Kier alpha value is -2.85. The average Bonchev–Trinajstić information content (AvgIpc) is 3.08. The van der Waals surface area contributed by atoms with Gasteiger partial charge in [-0.2, -0.15) is 0 Å². The van der Waals surface area contributed by atoms with Crippen molar-refractivity contribution in [1.29, 1.82) is 0 Å². The van der Waals surface area contributed by atoms with Gasteiger partial charge in [0, 0.05) is 29.7 Å². The predicted molar refractivity (Wildman–Crippen MR) is 89.3 cm³/mol. The van der Waals surface area contributed by atoms with E-state index in [1.54, 1.807) is 5.38 Å². The number of amides is 1. The van der Waals surface area contributed by atoms with Crippen molar-refractivity contribution in [1.82, 2.24) is 15.0 Å². The molecular weight excluding hydrogens is 350 g/mol. The summed E-state index contributed by atoms with van der Waals surface area (Å²) in [5, 5.41) is 4.57. The van der Waals surface area contributed by atoms with Crippen LogP contribution in [0.5, 0.6) is 0 Å². The minimum atomic E-state index is -3.72. The molecule has 0 atom stereocenters. The molecule has 0 aliphatic carbocycles. The number of aromatic nitrogens is 3. The molecule has 10 heteroatoms. The standard InChI is InChI=1S/C14H11N5O3S2/c20-13(12-9-15-5-6-16-12)18-10-1-3-11(4-2-10)24(21,22)19-14-17-7-8-23-14/h1-9H,(H,17,19)(H,18,20). The number of carbonyl (C=O) groups excluding carboxylic acids is 1. The molecule has 8 nitrogen and oxygen atoms in total. The molecule has 2 heterocycles. The average molecular weight is 361 g/mol. The lowest BCUT2D eigenvalue weighted by molar-refractivity contribution is 0.102. The summed E-state index contributed by atoms with van der Waals surface area (Å²) in [5.74, 6) is -0.431. The molecule has 0 bridgehead atoms. The van der Waals surface area contributed by atoms with E-state index in [1.807, 2.05) is 0 Å². The third-order valence-corrected chi connectivity index (χ3v) is 5.04. The van der Waals surface area contributed by atoms with Gasteiger partial charge in [0.25, 0.3) is 15.9 Å². The number of carbonyl (C=O) groups is 1. The largest absolute Gasteiger partial charge is 0.321 e. The minimum absolute atomic E-state index is 0.0650. The van der Waals surface area contributed by atoms with Gasteiger partial charge in [0.05, 0.1) is 11.1 Å². The van der Waals surface area contributed by atoms with Crippen LogP contribution < -0.4 is 10.0 Å². The molecule has 24 heavy (non-hydrogen) atoms. The topological polar surface area (TPSA) is 114 Å². The molecule has 0 aliphatic heterocycles. The maximum atomic E-state index is 12.2. The van der Waals surface area contributed by atoms with Crippen molar-refractivity contribution in [3.63, 3.8) is 0 Å². The molecule has 0 unspecified atom stereocenters. The first kappa shape index (κ1) is 16.0. The fraction of sp³-hybridized carbons (Fsp3) is 0. The van der Waals surface area contributed by atoms with Gasteiger partial charge in [-0.1, -0.05) is 0 Å². The zero-order chi connectivity index (χ0) is 17.0. The lowest BCUT2D eigenvalue weighted by Gasteiger charge is -2.07. The zero-order valence-electron chi connectivity index (χ0n) is 12.1.